The van der Waals surface area contributed by atoms with Crippen molar-refractivity contribution in [2.24, 2.45) is 11.7 Å². The smallest absolute Gasteiger partial charge is 0.0764 e. The number of hydrogen-bond donors (Lipinski definition) is 1. The lowest BCUT2D eigenvalue weighted by Crippen LogP contribution is -2.39. The lowest BCUT2D eigenvalue weighted by atomic mass is 10.1. The Bertz CT molecular complexity index is 360. The summed E-state index contributed by atoms with van der Waals surface area (Å²) in [6.07, 6.45) is 4.74. The Hall–Kier alpha value is -0.580. The molecule has 1 unspecified atom stereocenters. The Morgan fingerprint density at radius 2 is 2.17 bits per heavy atom. The summed E-state index contributed by atoms with van der Waals surface area (Å²) in [4.78, 5) is 2.35. The maximum atomic E-state index is 5.85. The summed E-state index contributed by atoms with van der Waals surface area (Å²) in [5.74, 6) is 0.817. The summed E-state index contributed by atoms with van der Waals surface area (Å²) in [5.41, 5.74) is 6.99. The van der Waals surface area contributed by atoms with Crippen molar-refractivity contribution in [2.45, 2.75) is 45.3 Å². The summed E-state index contributed by atoms with van der Waals surface area (Å²) < 4.78 is 2.01. The van der Waals surface area contributed by atoms with Crippen molar-refractivity contribution in [2.75, 3.05) is 13.6 Å². The van der Waals surface area contributed by atoms with Gasteiger partial charge in [-0.05, 0) is 45.7 Å². The van der Waals surface area contributed by atoms with E-state index in [0.29, 0.717) is 12.1 Å². The SMILES string of the molecule is CC(C)n1ccc(CN(C)C(CN)C2CC2)n1.Cl. The van der Waals surface area contributed by atoms with Crippen molar-refractivity contribution in [1.82, 2.24) is 14.7 Å². The maximum Gasteiger partial charge on any atom is 0.0764 e. The third-order valence-electron chi connectivity index (χ3n) is 3.58. The molecule has 4 nitrogen and oxygen atoms in total. The van der Waals surface area contributed by atoms with Crippen LogP contribution in [0.15, 0.2) is 12.3 Å². The Morgan fingerprint density at radius 1 is 1.50 bits per heavy atom. The third-order valence-corrected chi connectivity index (χ3v) is 3.58. The van der Waals surface area contributed by atoms with Crippen LogP contribution in [0.3, 0.4) is 0 Å². The minimum absolute atomic E-state index is 0. The number of aromatic nitrogens is 2. The van der Waals surface area contributed by atoms with Crippen molar-refractivity contribution in [3.63, 3.8) is 0 Å². The zero-order valence-electron chi connectivity index (χ0n) is 11.5. The van der Waals surface area contributed by atoms with Gasteiger partial charge >= 0.3 is 0 Å². The Labute approximate surface area is 116 Å². The molecule has 1 fully saturated rings. The monoisotopic (exact) mass is 272 g/mol. The Kier molecular flexibility index (Phi) is 5.63. The van der Waals surface area contributed by atoms with Crippen LogP contribution < -0.4 is 5.73 Å². The van der Waals surface area contributed by atoms with E-state index in [1.807, 2.05) is 4.68 Å². The quantitative estimate of drug-likeness (QED) is 0.862. The molecule has 0 aliphatic heterocycles. The lowest BCUT2D eigenvalue weighted by molar-refractivity contribution is 0.212. The first-order valence-electron chi connectivity index (χ1n) is 6.56. The average molecular weight is 273 g/mol. The molecule has 0 radical (unpaired) electrons. The largest absolute Gasteiger partial charge is 0.329 e. The van der Waals surface area contributed by atoms with Crippen LogP contribution in [0.25, 0.3) is 0 Å². The first kappa shape index (κ1) is 15.5. The molecule has 0 saturated heterocycles. The lowest BCUT2D eigenvalue weighted by Gasteiger charge is -2.26. The highest BCUT2D eigenvalue weighted by Crippen LogP contribution is 2.34. The van der Waals surface area contributed by atoms with E-state index in [0.717, 1.165) is 24.7 Å². The van der Waals surface area contributed by atoms with Gasteiger partial charge in [0.05, 0.1) is 5.69 Å². The highest BCUT2D eigenvalue weighted by Gasteiger charge is 2.32. The molecule has 18 heavy (non-hydrogen) atoms. The molecule has 1 aliphatic carbocycles. The second-order valence-corrected chi connectivity index (χ2v) is 5.44. The van der Waals surface area contributed by atoms with Gasteiger partial charge in [-0.25, -0.2) is 0 Å². The van der Waals surface area contributed by atoms with Crippen LogP contribution >= 0.6 is 12.4 Å². The molecule has 1 saturated carbocycles. The van der Waals surface area contributed by atoms with E-state index in [1.165, 1.54) is 12.8 Å². The molecule has 1 aromatic heterocycles. The summed E-state index contributed by atoms with van der Waals surface area (Å²) >= 11 is 0. The molecule has 0 bridgehead atoms. The summed E-state index contributed by atoms with van der Waals surface area (Å²) in [5, 5.41) is 4.58. The van der Waals surface area contributed by atoms with Gasteiger partial charge in [-0.1, -0.05) is 0 Å². The number of nitrogens with two attached hydrogens (primary N) is 1. The second kappa shape index (κ2) is 6.55. The second-order valence-electron chi connectivity index (χ2n) is 5.44. The molecule has 5 heteroatoms. The molecule has 2 rings (SSSR count). The van der Waals surface area contributed by atoms with Gasteiger partial charge in [0.15, 0.2) is 0 Å². The molecular formula is C13H25ClN4. The zero-order valence-corrected chi connectivity index (χ0v) is 12.4. The van der Waals surface area contributed by atoms with Crippen LogP contribution in [0, 0.1) is 5.92 Å². The fourth-order valence-electron chi connectivity index (χ4n) is 2.34. The van der Waals surface area contributed by atoms with E-state index < -0.39 is 0 Å². The molecule has 0 aromatic carbocycles. The van der Waals surface area contributed by atoms with Crippen LogP contribution in [-0.2, 0) is 6.54 Å². The van der Waals surface area contributed by atoms with Gasteiger partial charge in [0.1, 0.15) is 0 Å². The summed E-state index contributed by atoms with van der Waals surface area (Å²) in [6.45, 7) is 5.95. The van der Waals surface area contributed by atoms with E-state index in [4.69, 9.17) is 5.73 Å². The van der Waals surface area contributed by atoms with Gasteiger partial charge in [0, 0.05) is 31.4 Å². The third kappa shape index (κ3) is 3.70. The van der Waals surface area contributed by atoms with Gasteiger partial charge < -0.3 is 5.73 Å². The molecule has 104 valence electrons. The predicted molar refractivity (Wildman–Crippen MR) is 76.9 cm³/mol. The highest BCUT2D eigenvalue weighted by atomic mass is 35.5. The number of hydrogen-bond acceptors (Lipinski definition) is 3. The van der Waals surface area contributed by atoms with Crippen molar-refractivity contribution in [3.8, 4) is 0 Å². The topological polar surface area (TPSA) is 47.1 Å². The highest BCUT2D eigenvalue weighted by molar-refractivity contribution is 5.85. The molecular weight excluding hydrogens is 248 g/mol. The van der Waals surface area contributed by atoms with Crippen LogP contribution in [0.5, 0.6) is 0 Å². The van der Waals surface area contributed by atoms with Gasteiger partial charge in [-0.2, -0.15) is 5.10 Å². The minimum atomic E-state index is 0. The summed E-state index contributed by atoms with van der Waals surface area (Å²) in [7, 11) is 2.16. The predicted octanol–water partition coefficient (Wildman–Crippen LogP) is 2.05. The number of halogens is 1. The van der Waals surface area contributed by atoms with E-state index >= 15 is 0 Å². The molecule has 1 aromatic rings. The van der Waals surface area contributed by atoms with Crippen molar-refractivity contribution in [1.29, 1.82) is 0 Å². The molecule has 0 amide bonds. The van der Waals surface area contributed by atoms with Crippen molar-refractivity contribution in [3.05, 3.63) is 18.0 Å². The number of rotatable bonds is 6. The molecule has 1 aliphatic rings. The van der Waals surface area contributed by atoms with Crippen LogP contribution in [-0.4, -0.2) is 34.3 Å². The number of likely N-dealkylation sites (N-methyl/N-ethyl adjacent to an activating group) is 1. The van der Waals surface area contributed by atoms with Crippen LogP contribution in [0.4, 0.5) is 0 Å². The molecule has 1 heterocycles. The first-order chi connectivity index (χ1) is 8.11. The normalized spacial score (nSPS) is 17.0. The standard InChI is InChI=1S/C13H24N4.ClH/c1-10(2)17-7-6-12(15-17)9-16(3)13(8-14)11-4-5-11;/h6-7,10-11,13H,4-5,8-9,14H2,1-3H3;1H. The van der Waals surface area contributed by atoms with E-state index in [-0.39, 0.29) is 12.4 Å². The van der Waals surface area contributed by atoms with Gasteiger partial charge in [-0.15, -0.1) is 12.4 Å². The fourth-order valence-corrected chi connectivity index (χ4v) is 2.34. The minimum Gasteiger partial charge on any atom is -0.329 e. The maximum absolute atomic E-state index is 5.85. The Morgan fingerprint density at radius 3 is 2.61 bits per heavy atom. The van der Waals surface area contributed by atoms with Gasteiger partial charge in [0.25, 0.3) is 0 Å². The van der Waals surface area contributed by atoms with E-state index in [2.05, 4.69) is 43.2 Å². The molecule has 1 atom stereocenters. The van der Waals surface area contributed by atoms with Gasteiger partial charge in [0.2, 0.25) is 0 Å². The number of nitrogens with zero attached hydrogens (tertiary/aromatic N) is 3. The first-order valence-corrected chi connectivity index (χ1v) is 6.56. The molecule has 2 N–H and O–H groups in total. The van der Waals surface area contributed by atoms with Crippen molar-refractivity contribution >= 4 is 12.4 Å². The molecule has 0 spiro atoms. The van der Waals surface area contributed by atoms with Crippen LogP contribution in [0.1, 0.15) is 38.4 Å². The summed E-state index contributed by atoms with van der Waals surface area (Å²) in [6, 6.07) is 3.07. The average Bonchev–Trinajstić information content (AvgIpc) is 2.98. The van der Waals surface area contributed by atoms with E-state index in [1.54, 1.807) is 0 Å². The Balaban J connectivity index is 0.00000162. The van der Waals surface area contributed by atoms with Crippen LogP contribution in [0.2, 0.25) is 0 Å². The van der Waals surface area contributed by atoms with Gasteiger partial charge in [-0.3, -0.25) is 9.58 Å². The van der Waals surface area contributed by atoms with Crippen molar-refractivity contribution < 1.29 is 0 Å². The van der Waals surface area contributed by atoms with E-state index in [9.17, 15) is 0 Å². The zero-order chi connectivity index (χ0) is 12.4. The fraction of sp³-hybridized carbons (Fsp3) is 0.769.